The molecule has 7 rings (SSSR count). The number of hydrogen-bond donors (Lipinski definition) is 3. The molecule has 5 amide bonds. The van der Waals surface area contributed by atoms with Gasteiger partial charge in [0, 0.05) is 23.6 Å². The number of carbonyl (C=O) groups is 4. The Hall–Kier alpha value is -4.26. The van der Waals surface area contributed by atoms with Gasteiger partial charge in [0.15, 0.2) is 5.82 Å². The van der Waals surface area contributed by atoms with Gasteiger partial charge in [-0.15, -0.1) is 11.3 Å². The molecule has 3 N–H and O–H groups in total. The van der Waals surface area contributed by atoms with Gasteiger partial charge in [-0.05, 0) is 69.1 Å². The molecule has 3 aromatic rings. The van der Waals surface area contributed by atoms with Crippen LogP contribution in [0.2, 0.25) is 0 Å². The summed E-state index contributed by atoms with van der Waals surface area (Å²) in [6.45, 7) is 2.42. The van der Waals surface area contributed by atoms with Crippen molar-refractivity contribution in [3.63, 3.8) is 0 Å². The Labute approximate surface area is 256 Å². The normalized spacial score (nSPS) is 21.1. The molecule has 11 nitrogen and oxygen atoms in total. The molecule has 2 aliphatic carbocycles. The van der Waals surface area contributed by atoms with Crippen molar-refractivity contribution in [1.82, 2.24) is 20.5 Å². The second-order valence-corrected chi connectivity index (χ2v) is 13.2. The maximum absolute atomic E-state index is 15.7. The number of methoxy groups -OCH3 is 1. The lowest BCUT2D eigenvalue weighted by Gasteiger charge is -2.29. The Morgan fingerprint density at radius 3 is 2.68 bits per heavy atom. The van der Waals surface area contributed by atoms with E-state index in [4.69, 9.17) is 14.5 Å². The molecular formula is C31H32FN5O6S. The highest BCUT2D eigenvalue weighted by atomic mass is 32.1. The average molecular weight is 622 g/mol. The van der Waals surface area contributed by atoms with Crippen molar-refractivity contribution in [1.29, 1.82) is 0 Å². The summed E-state index contributed by atoms with van der Waals surface area (Å²) in [5.41, 5.74) is 0.0463. The van der Waals surface area contributed by atoms with Crippen molar-refractivity contribution in [2.45, 2.75) is 63.6 Å². The van der Waals surface area contributed by atoms with E-state index >= 15 is 4.39 Å². The van der Waals surface area contributed by atoms with Crippen LogP contribution in [-0.4, -0.2) is 53.4 Å². The highest BCUT2D eigenvalue weighted by Crippen LogP contribution is 2.48. The highest BCUT2D eigenvalue weighted by Gasteiger charge is 2.47. The molecule has 1 aromatic heterocycles. The van der Waals surface area contributed by atoms with E-state index in [1.807, 2.05) is 19.1 Å². The molecule has 0 radical (unpaired) electrons. The summed E-state index contributed by atoms with van der Waals surface area (Å²) in [6.07, 6.45) is 4.41. The summed E-state index contributed by atoms with van der Waals surface area (Å²) >= 11 is 1.46. The van der Waals surface area contributed by atoms with Gasteiger partial charge in [0.2, 0.25) is 11.8 Å². The van der Waals surface area contributed by atoms with Gasteiger partial charge in [-0.1, -0.05) is 0 Å². The minimum atomic E-state index is -0.862. The molecule has 2 saturated carbocycles. The molecule has 1 unspecified atom stereocenters. The van der Waals surface area contributed by atoms with Gasteiger partial charge in [-0.3, -0.25) is 19.7 Å². The van der Waals surface area contributed by atoms with E-state index in [0.29, 0.717) is 24.0 Å². The molecule has 1 saturated heterocycles. The summed E-state index contributed by atoms with van der Waals surface area (Å²) in [5.74, 6) is -0.167. The number of urea groups is 1. The van der Waals surface area contributed by atoms with Crippen LogP contribution in [0, 0.1) is 17.7 Å². The largest absolute Gasteiger partial charge is 0.497 e. The van der Waals surface area contributed by atoms with Gasteiger partial charge in [0.25, 0.3) is 5.91 Å². The first-order chi connectivity index (χ1) is 21.1. The van der Waals surface area contributed by atoms with Gasteiger partial charge in [-0.2, -0.15) is 0 Å². The lowest BCUT2D eigenvalue weighted by Crippen LogP contribution is -2.52. The molecule has 230 valence electrons. The third kappa shape index (κ3) is 5.12. The van der Waals surface area contributed by atoms with Crippen molar-refractivity contribution < 1.29 is 33.0 Å². The second-order valence-electron chi connectivity index (χ2n) is 12.2. The summed E-state index contributed by atoms with van der Waals surface area (Å²) in [4.78, 5) is 56.5. The van der Waals surface area contributed by atoms with Crippen LogP contribution in [0.4, 0.5) is 14.9 Å². The average Bonchev–Trinajstić information content (AvgIpc) is 3.93. The molecule has 0 spiro atoms. The second kappa shape index (κ2) is 10.7. The maximum atomic E-state index is 15.7. The molecule has 3 heterocycles. The number of nitrogens with zero attached hydrogens (tertiary/aromatic N) is 2. The van der Waals surface area contributed by atoms with Crippen molar-refractivity contribution in [3.05, 3.63) is 46.2 Å². The number of amides is 5. The molecule has 13 heteroatoms. The summed E-state index contributed by atoms with van der Waals surface area (Å²) in [5, 5.41) is 8.64. The number of aromatic nitrogens is 1. The number of benzene rings is 2. The fourth-order valence-corrected chi connectivity index (χ4v) is 7.19. The van der Waals surface area contributed by atoms with E-state index in [1.54, 1.807) is 7.11 Å². The summed E-state index contributed by atoms with van der Waals surface area (Å²) in [7, 11) is 1.61. The first-order valence-corrected chi connectivity index (χ1v) is 15.6. The predicted molar refractivity (Wildman–Crippen MR) is 159 cm³/mol. The molecule has 2 atom stereocenters. The molecule has 4 aliphatic rings. The van der Waals surface area contributed by atoms with Crippen LogP contribution in [0.5, 0.6) is 11.5 Å². The van der Waals surface area contributed by atoms with E-state index in [9.17, 15) is 19.2 Å². The summed E-state index contributed by atoms with van der Waals surface area (Å²) in [6, 6.07) is 5.08. The van der Waals surface area contributed by atoms with Gasteiger partial charge in [-0.25, -0.2) is 14.2 Å². The number of rotatable bonds is 9. The van der Waals surface area contributed by atoms with Gasteiger partial charge >= 0.3 is 6.03 Å². The topological polar surface area (TPSA) is 139 Å². The molecule has 0 bridgehead atoms. The Morgan fingerprint density at radius 2 is 1.98 bits per heavy atom. The lowest BCUT2D eigenvalue weighted by molar-refractivity contribution is -0.136. The first-order valence-electron chi connectivity index (χ1n) is 14.8. The van der Waals surface area contributed by atoms with E-state index in [1.165, 1.54) is 28.4 Å². The molecule has 2 aromatic carbocycles. The minimum Gasteiger partial charge on any atom is -0.497 e. The van der Waals surface area contributed by atoms with Gasteiger partial charge in [0.1, 0.15) is 28.1 Å². The smallest absolute Gasteiger partial charge is 0.320 e. The number of ether oxygens (including phenoxy) is 2. The maximum Gasteiger partial charge on any atom is 0.320 e. The monoisotopic (exact) mass is 621 g/mol. The predicted octanol–water partition coefficient (Wildman–Crippen LogP) is 4.44. The SMILES string of the molecule is COc1cc(OCC2CC2)c2nc([C@@](C)(NC(=O)Nc3ccc4c(c3F)CN(C3CCC(=O)NC3=O)C4=O)C3CC3)sc2c1. The zero-order valence-corrected chi connectivity index (χ0v) is 25.1. The quantitative estimate of drug-likeness (QED) is 0.300. The molecular weight excluding hydrogens is 589 g/mol. The van der Waals surface area contributed by atoms with Gasteiger partial charge in [0.05, 0.1) is 36.2 Å². The van der Waals surface area contributed by atoms with Crippen LogP contribution in [0.25, 0.3) is 10.2 Å². The van der Waals surface area contributed by atoms with Crippen LogP contribution in [0.15, 0.2) is 24.3 Å². The fraction of sp³-hybridized carbons (Fsp3) is 0.452. The van der Waals surface area contributed by atoms with Crippen molar-refractivity contribution in [3.8, 4) is 11.5 Å². The highest BCUT2D eigenvalue weighted by molar-refractivity contribution is 7.18. The number of carbonyl (C=O) groups excluding carboxylic acids is 4. The number of halogens is 1. The Morgan fingerprint density at radius 1 is 1.18 bits per heavy atom. The first kappa shape index (κ1) is 28.5. The van der Waals surface area contributed by atoms with E-state index < -0.39 is 41.2 Å². The van der Waals surface area contributed by atoms with E-state index in [0.717, 1.165) is 40.9 Å². The zero-order chi connectivity index (χ0) is 30.7. The minimum absolute atomic E-state index is 0.0814. The number of nitrogens with one attached hydrogen (secondary N) is 3. The molecule has 44 heavy (non-hydrogen) atoms. The van der Waals surface area contributed by atoms with E-state index in [2.05, 4.69) is 16.0 Å². The number of anilines is 1. The molecule has 2 aliphatic heterocycles. The zero-order valence-electron chi connectivity index (χ0n) is 24.3. The Kier molecular flexibility index (Phi) is 6.95. The van der Waals surface area contributed by atoms with Crippen molar-refractivity contribution in [2.75, 3.05) is 19.0 Å². The number of thiazole rings is 1. The van der Waals surface area contributed by atoms with Crippen LogP contribution >= 0.6 is 11.3 Å². The van der Waals surface area contributed by atoms with Crippen molar-refractivity contribution >= 4 is 51.0 Å². The van der Waals surface area contributed by atoms with Crippen LogP contribution < -0.4 is 25.4 Å². The Balaban J connectivity index is 1.11. The molecule has 3 fully saturated rings. The number of hydrogen-bond acceptors (Lipinski definition) is 8. The lowest BCUT2D eigenvalue weighted by atomic mass is 9.97. The number of imide groups is 1. The number of fused-ring (bicyclic) bond motifs is 2. The standard InChI is InChI=1S/C31H32FN5O6S/c1-31(16-5-6-16,29-35-26-22(43-14-15-3-4-15)11-17(42-2)12-23(26)44-29)36-30(41)33-20-8-7-18-19(25(20)32)13-37(28(18)40)21-9-10-24(38)34-27(21)39/h7-8,11-12,15-16,21H,3-6,9-10,13-14H2,1-2H3,(H2,33,36,41)(H,34,38,39)/t21?,31-/m0/s1. The van der Waals surface area contributed by atoms with Crippen LogP contribution in [-0.2, 0) is 21.7 Å². The van der Waals surface area contributed by atoms with E-state index in [-0.39, 0.29) is 42.1 Å². The summed E-state index contributed by atoms with van der Waals surface area (Å²) < 4.78 is 28.2. The van der Waals surface area contributed by atoms with Crippen LogP contribution in [0.1, 0.15) is 66.4 Å². The van der Waals surface area contributed by atoms with Gasteiger partial charge < -0.3 is 25.0 Å². The number of piperidine rings is 1. The Bertz CT molecular complexity index is 1720. The fourth-order valence-electron chi connectivity index (χ4n) is 6.00. The third-order valence-corrected chi connectivity index (χ3v) is 10.2. The third-order valence-electron chi connectivity index (χ3n) is 8.95. The van der Waals surface area contributed by atoms with Crippen LogP contribution in [0.3, 0.4) is 0 Å². The van der Waals surface area contributed by atoms with Crippen molar-refractivity contribution in [2.24, 2.45) is 11.8 Å².